The van der Waals surface area contributed by atoms with Gasteiger partial charge >= 0.3 is 37.9 Å². The average molecular weight is 892 g/mol. The molecule has 1 aliphatic rings. The van der Waals surface area contributed by atoms with Crippen LogP contribution in [0.15, 0.2) is 140 Å². The Bertz CT molecular complexity index is 2430. The molecule has 1 heterocycles. The SMILES string of the molecule is CCc1ccccc1-c1c(C)ccc2[cH-]c(C(C)C)cc12.CCc1ccccc1-c1c(C)ccc2[cH-]c(C(C)C)cc12.[Cl][Zr][Cl].[c-]1cccc2c1[Si]c1ccccc1-2. The normalized spacial score (nSPS) is 11.3. The van der Waals surface area contributed by atoms with Gasteiger partial charge < -0.3 is 0 Å². The van der Waals surface area contributed by atoms with E-state index in [9.17, 15) is 0 Å². The molecular weight excluding hydrogens is 839 g/mol. The van der Waals surface area contributed by atoms with Crippen molar-refractivity contribution in [2.45, 2.75) is 80.1 Å². The molecule has 0 nitrogen and oxygen atoms in total. The van der Waals surface area contributed by atoms with E-state index in [4.69, 9.17) is 17.0 Å². The summed E-state index contributed by atoms with van der Waals surface area (Å²) in [6, 6.07) is 54.3. The molecule has 0 amide bonds. The second-order valence-electron chi connectivity index (χ2n) is 15.6. The van der Waals surface area contributed by atoms with Crippen molar-refractivity contribution in [2.75, 3.05) is 0 Å². The molecule has 58 heavy (non-hydrogen) atoms. The average Bonchev–Trinajstić information content (AvgIpc) is 3.98. The van der Waals surface area contributed by atoms with Crippen molar-refractivity contribution >= 4 is 58.5 Å². The van der Waals surface area contributed by atoms with Crippen molar-refractivity contribution in [1.82, 2.24) is 0 Å². The zero-order chi connectivity index (χ0) is 41.3. The van der Waals surface area contributed by atoms with Gasteiger partial charge in [-0.15, -0.1) is 74.6 Å². The molecule has 0 unspecified atom stereocenters. The van der Waals surface area contributed by atoms with Gasteiger partial charge in [-0.3, -0.25) is 0 Å². The van der Waals surface area contributed by atoms with Gasteiger partial charge in [0.15, 0.2) is 0 Å². The minimum atomic E-state index is -0.826. The van der Waals surface area contributed by atoms with Crippen molar-refractivity contribution in [3.8, 4) is 33.4 Å². The number of fused-ring (bicyclic) bond motifs is 5. The van der Waals surface area contributed by atoms with Crippen LogP contribution in [0.2, 0.25) is 0 Å². The molecule has 9 rings (SSSR count). The Morgan fingerprint density at radius 2 is 1.00 bits per heavy atom. The molecule has 0 aliphatic carbocycles. The maximum absolute atomic E-state index is 4.93. The predicted octanol–water partition coefficient (Wildman–Crippen LogP) is 14.9. The van der Waals surface area contributed by atoms with Crippen LogP contribution in [0.4, 0.5) is 0 Å². The van der Waals surface area contributed by atoms with Crippen LogP contribution < -0.4 is 10.4 Å². The van der Waals surface area contributed by atoms with E-state index in [-0.39, 0.29) is 0 Å². The van der Waals surface area contributed by atoms with Crippen molar-refractivity contribution in [3.63, 3.8) is 0 Å². The molecule has 8 aromatic carbocycles. The summed E-state index contributed by atoms with van der Waals surface area (Å²) < 4.78 is 0. The van der Waals surface area contributed by atoms with Crippen LogP contribution in [-0.2, 0) is 33.7 Å². The number of halogens is 2. The van der Waals surface area contributed by atoms with E-state index >= 15 is 0 Å². The van der Waals surface area contributed by atoms with E-state index < -0.39 is 20.8 Å². The van der Waals surface area contributed by atoms with Crippen LogP contribution in [0.25, 0.3) is 54.9 Å². The number of benzene rings is 6. The van der Waals surface area contributed by atoms with Gasteiger partial charge in [0, 0.05) is 0 Å². The fourth-order valence-electron chi connectivity index (χ4n) is 8.08. The van der Waals surface area contributed by atoms with Crippen LogP contribution >= 0.6 is 17.0 Å². The predicted molar refractivity (Wildman–Crippen MR) is 254 cm³/mol. The largest absolute Gasteiger partial charge is 0.184 e. The first kappa shape index (κ1) is 43.8. The van der Waals surface area contributed by atoms with Gasteiger partial charge in [0.1, 0.15) is 0 Å². The number of aryl methyl sites for hydroxylation is 4. The zero-order valence-corrected chi connectivity index (χ0v) is 40.1. The third kappa shape index (κ3) is 9.80. The first-order chi connectivity index (χ1) is 28.1. The topological polar surface area (TPSA) is 0 Å². The van der Waals surface area contributed by atoms with Crippen molar-refractivity contribution in [1.29, 1.82) is 0 Å². The summed E-state index contributed by atoms with van der Waals surface area (Å²) in [6.07, 6.45) is 2.15. The first-order valence-corrected chi connectivity index (χ1v) is 27.8. The standard InChI is InChI=1S/2C21H23.C12H7Si.2ClH.Zr/c2*1-5-16-8-6-7-9-19(16)21-15(4)10-11-17-12-18(14(2)3)13-20(17)21;1-3-7-11-9(5-1)10-6-2-4-8-12(10)13-11;;;/h2*6-14H,5H2,1-4H3;1-7H;2*1H;/q3*-1;;;+2/p-2. The van der Waals surface area contributed by atoms with E-state index in [0.29, 0.717) is 11.8 Å². The number of hydrogen-bond donors (Lipinski definition) is 0. The molecule has 0 spiro atoms. The first-order valence-electron chi connectivity index (χ1n) is 20.5. The Morgan fingerprint density at radius 1 is 0.569 bits per heavy atom. The summed E-state index contributed by atoms with van der Waals surface area (Å²) >= 11 is -0.826. The Balaban J connectivity index is 0.000000145. The summed E-state index contributed by atoms with van der Waals surface area (Å²) in [7, 11) is 10.7. The Kier molecular flexibility index (Phi) is 15.4. The minimum Gasteiger partial charge on any atom is -0.184 e. The van der Waals surface area contributed by atoms with E-state index in [1.807, 2.05) is 6.07 Å². The third-order valence-electron chi connectivity index (χ3n) is 11.2. The van der Waals surface area contributed by atoms with Gasteiger partial charge in [0.05, 0.1) is 9.52 Å². The molecule has 0 saturated heterocycles. The molecule has 0 atom stereocenters. The van der Waals surface area contributed by atoms with E-state index in [1.54, 1.807) is 0 Å². The third-order valence-corrected chi connectivity index (χ3v) is 12.6. The smallest absolute Gasteiger partial charge is 0.0920 e. The molecule has 0 saturated carbocycles. The molecule has 0 aromatic heterocycles. The molecule has 0 N–H and O–H groups in total. The van der Waals surface area contributed by atoms with Crippen molar-refractivity contribution in [2.24, 2.45) is 0 Å². The van der Waals surface area contributed by atoms with E-state index in [0.717, 1.165) is 22.4 Å². The molecule has 0 fully saturated rings. The van der Waals surface area contributed by atoms with E-state index in [1.165, 1.54) is 98.7 Å². The van der Waals surface area contributed by atoms with Crippen LogP contribution in [0.1, 0.15) is 86.8 Å². The van der Waals surface area contributed by atoms with Gasteiger partial charge in [-0.2, -0.15) is 41.6 Å². The maximum atomic E-state index is 4.93. The summed E-state index contributed by atoms with van der Waals surface area (Å²) in [6.45, 7) is 18.0. The number of hydrogen-bond acceptors (Lipinski definition) is 0. The van der Waals surface area contributed by atoms with Crippen LogP contribution in [0, 0.1) is 19.9 Å². The zero-order valence-electron chi connectivity index (χ0n) is 35.1. The molecule has 1 aliphatic heterocycles. The fraction of sp³-hybridized carbons (Fsp3) is 0.222. The Labute approximate surface area is 368 Å². The summed E-state index contributed by atoms with van der Waals surface area (Å²) in [5.74, 6) is 1.15. The summed E-state index contributed by atoms with van der Waals surface area (Å²) in [5, 5.41) is 8.36. The maximum Gasteiger partial charge on any atom is 0.0920 e. The van der Waals surface area contributed by atoms with Crippen molar-refractivity contribution in [3.05, 3.63) is 179 Å². The molecule has 294 valence electrons. The summed E-state index contributed by atoms with van der Waals surface area (Å²) in [5.41, 5.74) is 16.8. The molecule has 2 radical (unpaired) electrons. The van der Waals surface area contributed by atoms with Gasteiger partial charge in [0.2, 0.25) is 0 Å². The van der Waals surface area contributed by atoms with Crippen LogP contribution in [0.5, 0.6) is 0 Å². The molecule has 4 heteroatoms. The van der Waals surface area contributed by atoms with Gasteiger partial charge in [0.25, 0.3) is 0 Å². The summed E-state index contributed by atoms with van der Waals surface area (Å²) in [4.78, 5) is 0. The van der Waals surface area contributed by atoms with Gasteiger partial charge in [-0.25, -0.2) is 0 Å². The van der Waals surface area contributed by atoms with Gasteiger partial charge in [-0.05, 0) is 60.8 Å². The number of rotatable bonds is 6. The minimum absolute atomic E-state index is 0.576. The van der Waals surface area contributed by atoms with Gasteiger partial charge in [-0.1, -0.05) is 147 Å². The van der Waals surface area contributed by atoms with Crippen LogP contribution in [-0.4, -0.2) is 9.52 Å². The monoisotopic (exact) mass is 889 g/mol. The Morgan fingerprint density at radius 3 is 1.47 bits per heavy atom. The van der Waals surface area contributed by atoms with E-state index in [2.05, 4.69) is 195 Å². The van der Waals surface area contributed by atoms with Crippen molar-refractivity contribution < 1.29 is 20.8 Å². The molecule has 8 aromatic rings. The Hall–Kier alpha value is -3.78. The molecule has 0 bridgehead atoms. The second kappa shape index (κ2) is 20.5. The fourth-order valence-corrected chi connectivity index (χ4v) is 9.39. The quantitative estimate of drug-likeness (QED) is 0.115. The van der Waals surface area contributed by atoms with Crippen LogP contribution in [0.3, 0.4) is 0 Å². The second-order valence-corrected chi connectivity index (χ2v) is 20.7. The molecular formula is C54H53Cl2SiZr-3.